The fourth-order valence-electron chi connectivity index (χ4n) is 1.19. The highest BCUT2D eigenvalue weighted by molar-refractivity contribution is 7.11. The van der Waals surface area contributed by atoms with Gasteiger partial charge in [0.05, 0.1) is 0 Å². The Labute approximate surface area is 96.5 Å². The number of thiazole rings is 1. The number of rotatable bonds is 3. The van der Waals surface area contributed by atoms with Crippen LogP contribution in [-0.2, 0) is 6.54 Å². The van der Waals surface area contributed by atoms with Crippen LogP contribution in [0.1, 0.15) is 5.56 Å². The maximum atomic E-state index is 5.99. The second-order valence-corrected chi connectivity index (χ2v) is 4.09. The Hall–Kier alpha value is -1.10. The molecule has 0 aliphatic carbocycles. The molecule has 0 aliphatic rings. The SMILES string of the molecule is NCc1c(Cl)cccc1Oc1nccs1. The molecule has 0 atom stereocenters. The van der Waals surface area contributed by atoms with Crippen molar-refractivity contribution in [1.82, 2.24) is 4.98 Å². The lowest BCUT2D eigenvalue weighted by Gasteiger charge is -2.08. The first-order valence-corrected chi connectivity index (χ1v) is 5.62. The van der Waals surface area contributed by atoms with E-state index in [-0.39, 0.29) is 0 Å². The molecule has 1 aromatic heterocycles. The second-order valence-electron chi connectivity index (χ2n) is 2.82. The van der Waals surface area contributed by atoms with Crippen LogP contribution in [0.2, 0.25) is 5.02 Å². The van der Waals surface area contributed by atoms with Crippen LogP contribution in [0, 0.1) is 0 Å². The van der Waals surface area contributed by atoms with Gasteiger partial charge in [0.25, 0.3) is 5.19 Å². The van der Waals surface area contributed by atoms with Crippen molar-refractivity contribution in [3.63, 3.8) is 0 Å². The summed E-state index contributed by atoms with van der Waals surface area (Å²) in [5, 5.41) is 3.06. The van der Waals surface area contributed by atoms with E-state index in [1.807, 2.05) is 17.5 Å². The van der Waals surface area contributed by atoms with E-state index in [2.05, 4.69) is 4.98 Å². The first-order valence-electron chi connectivity index (χ1n) is 4.36. The normalized spacial score (nSPS) is 10.3. The van der Waals surface area contributed by atoms with E-state index in [0.29, 0.717) is 22.5 Å². The van der Waals surface area contributed by atoms with Crippen LogP contribution >= 0.6 is 22.9 Å². The Balaban J connectivity index is 2.32. The quantitative estimate of drug-likeness (QED) is 0.897. The molecule has 3 nitrogen and oxygen atoms in total. The third-order valence-corrected chi connectivity index (χ3v) is 2.89. The van der Waals surface area contributed by atoms with Crippen LogP contribution in [0.25, 0.3) is 0 Å². The van der Waals surface area contributed by atoms with Crippen LogP contribution in [0.3, 0.4) is 0 Å². The van der Waals surface area contributed by atoms with E-state index in [4.69, 9.17) is 22.1 Å². The van der Waals surface area contributed by atoms with Crippen molar-refractivity contribution in [3.05, 3.63) is 40.4 Å². The molecule has 0 bridgehead atoms. The number of benzene rings is 1. The average molecular weight is 241 g/mol. The van der Waals surface area contributed by atoms with E-state index >= 15 is 0 Å². The highest BCUT2D eigenvalue weighted by Crippen LogP contribution is 2.30. The fraction of sp³-hybridized carbons (Fsp3) is 0.100. The summed E-state index contributed by atoms with van der Waals surface area (Å²) in [6.45, 7) is 0.348. The van der Waals surface area contributed by atoms with Gasteiger partial charge < -0.3 is 10.5 Å². The molecule has 2 aromatic rings. The summed E-state index contributed by atoms with van der Waals surface area (Å²) in [6, 6.07) is 5.44. The molecule has 0 amide bonds. The van der Waals surface area contributed by atoms with Crippen molar-refractivity contribution in [2.75, 3.05) is 0 Å². The zero-order valence-corrected chi connectivity index (χ0v) is 9.39. The van der Waals surface area contributed by atoms with Crippen LogP contribution in [-0.4, -0.2) is 4.98 Å². The molecule has 0 aliphatic heterocycles. The van der Waals surface area contributed by atoms with Gasteiger partial charge in [-0.2, -0.15) is 0 Å². The molecule has 0 spiro atoms. The zero-order valence-electron chi connectivity index (χ0n) is 7.81. The van der Waals surface area contributed by atoms with Crippen molar-refractivity contribution in [2.45, 2.75) is 6.54 Å². The summed E-state index contributed by atoms with van der Waals surface area (Å²) in [6.07, 6.45) is 1.69. The molecule has 78 valence electrons. The number of ether oxygens (including phenoxy) is 1. The smallest absolute Gasteiger partial charge is 0.278 e. The lowest BCUT2D eigenvalue weighted by Crippen LogP contribution is -2.00. The van der Waals surface area contributed by atoms with E-state index in [1.165, 1.54) is 11.3 Å². The second kappa shape index (κ2) is 4.61. The average Bonchev–Trinajstić information content (AvgIpc) is 2.71. The van der Waals surface area contributed by atoms with Gasteiger partial charge in [-0.05, 0) is 12.1 Å². The molecular formula is C10H9ClN2OS. The van der Waals surface area contributed by atoms with Crippen LogP contribution in [0.15, 0.2) is 29.8 Å². The Morgan fingerprint density at radius 2 is 2.33 bits per heavy atom. The van der Waals surface area contributed by atoms with Crippen molar-refractivity contribution >= 4 is 22.9 Å². The summed E-state index contributed by atoms with van der Waals surface area (Å²) >= 11 is 7.42. The molecule has 0 saturated carbocycles. The highest BCUT2D eigenvalue weighted by Gasteiger charge is 2.08. The standard InChI is InChI=1S/C10H9ClN2OS/c11-8-2-1-3-9(7(8)6-12)14-10-13-4-5-15-10/h1-5H,6,12H2. The van der Waals surface area contributed by atoms with Gasteiger partial charge in [-0.15, -0.1) is 0 Å². The van der Waals surface area contributed by atoms with E-state index in [9.17, 15) is 0 Å². The van der Waals surface area contributed by atoms with Gasteiger partial charge in [-0.3, -0.25) is 0 Å². The molecule has 0 fully saturated rings. The molecule has 15 heavy (non-hydrogen) atoms. The van der Waals surface area contributed by atoms with Gasteiger partial charge in [0.15, 0.2) is 0 Å². The number of halogens is 1. The summed E-state index contributed by atoms with van der Waals surface area (Å²) in [7, 11) is 0. The first-order chi connectivity index (χ1) is 7.31. The third kappa shape index (κ3) is 2.28. The lowest BCUT2D eigenvalue weighted by molar-refractivity contribution is 0.473. The summed E-state index contributed by atoms with van der Waals surface area (Å²) in [5.41, 5.74) is 6.40. The van der Waals surface area contributed by atoms with Gasteiger partial charge in [-0.25, -0.2) is 4.98 Å². The minimum Gasteiger partial charge on any atom is -0.431 e. The first kappa shape index (κ1) is 10.4. The molecule has 0 radical (unpaired) electrons. The zero-order chi connectivity index (χ0) is 10.7. The predicted molar refractivity (Wildman–Crippen MR) is 61.5 cm³/mol. The van der Waals surface area contributed by atoms with Crippen LogP contribution in [0.5, 0.6) is 10.9 Å². The molecular weight excluding hydrogens is 232 g/mol. The molecule has 0 saturated heterocycles. The number of hydrogen-bond acceptors (Lipinski definition) is 4. The van der Waals surface area contributed by atoms with Crippen molar-refractivity contribution in [3.8, 4) is 10.9 Å². The van der Waals surface area contributed by atoms with E-state index in [1.54, 1.807) is 12.3 Å². The van der Waals surface area contributed by atoms with Crippen molar-refractivity contribution in [2.24, 2.45) is 5.73 Å². The van der Waals surface area contributed by atoms with E-state index in [0.717, 1.165) is 5.56 Å². The maximum absolute atomic E-state index is 5.99. The fourth-order valence-corrected chi connectivity index (χ4v) is 1.93. The van der Waals surface area contributed by atoms with Crippen molar-refractivity contribution in [1.29, 1.82) is 0 Å². The molecule has 1 aromatic carbocycles. The number of nitrogens with two attached hydrogens (primary N) is 1. The molecule has 5 heteroatoms. The van der Waals surface area contributed by atoms with E-state index < -0.39 is 0 Å². The Kier molecular flexibility index (Phi) is 3.20. The molecule has 2 rings (SSSR count). The van der Waals surface area contributed by atoms with Gasteiger partial charge >= 0.3 is 0 Å². The van der Waals surface area contributed by atoms with Gasteiger partial charge in [-0.1, -0.05) is 29.0 Å². The number of aromatic nitrogens is 1. The minimum atomic E-state index is 0.348. The third-order valence-electron chi connectivity index (χ3n) is 1.89. The minimum absolute atomic E-state index is 0.348. The Morgan fingerprint density at radius 3 is 3.00 bits per heavy atom. The monoisotopic (exact) mass is 240 g/mol. The summed E-state index contributed by atoms with van der Waals surface area (Å²) in [4.78, 5) is 4.03. The topological polar surface area (TPSA) is 48.1 Å². The number of hydrogen-bond donors (Lipinski definition) is 1. The molecule has 1 heterocycles. The largest absolute Gasteiger partial charge is 0.431 e. The van der Waals surface area contributed by atoms with Crippen LogP contribution in [0.4, 0.5) is 0 Å². The molecule has 0 unspecified atom stereocenters. The summed E-state index contributed by atoms with van der Waals surface area (Å²) < 4.78 is 5.56. The maximum Gasteiger partial charge on any atom is 0.278 e. The van der Waals surface area contributed by atoms with Gasteiger partial charge in [0, 0.05) is 28.7 Å². The Morgan fingerprint density at radius 1 is 1.47 bits per heavy atom. The highest BCUT2D eigenvalue weighted by atomic mass is 35.5. The Bertz CT molecular complexity index is 445. The predicted octanol–water partition coefficient (Wildman–Crippen LogP) is 3.05. The van der Waals surface area contributed by atoms with Gasteiger partial charge in [0.1, 0.15) is 5.75 Å². The van der Waals surface area contributed by atoms with Crippen molar-refractivity contribution < 1.29 is 4.74 Å². The van der Waals surface area contributed by atoms with Gasteiger partial charge in [0.2, 0.25) is 0 Å². The summed E-state index contributed by atoms with van der Waals surface area (Å²) in [5.74, 6) is 0.667. The molecule has 2 N–H and O–H groups in total. The van der Waals surface area contributed by atoms with Crippen LogP contribution < -0.4 is 10.5 Å². The number of nitrogens with zero attached hydrogens (tertiary/aromatic N) is 1. The lowest BCUT2D eigenvalue weighted by atomic mass is 10.2.